The molecule has 3 rings (SSSR count). The van der Waals surface area contributed by atoms with Gasteiger partial charge in [0.2, 0.25) is 0 Å². The molecule has 1 aromatic heterocycles. The predicted molar refractivity (Wildman–Crippen MR) is 74.6 cm³/mol. The number of hydrogen-bond acceptors (Lipinski definition) is 2. The molecular formula is C16H21F3N2. The highest BCUT2D eigenvalue weighted by atomic mass is 19.4. The van der Waals surface area contributed by atoms with Crippen molar-refractivity contribution in [2.24, 2.45) is 17.8 Å². The molecule has 4 unspecified atom stereocenters. The summed E-state index contributed by atoms with van der Waals surface area (Å²) in [7, 11) is 0. The van der Waals surface area contributed by atoms with E-state index in [4.69, 9.17) is 0 Å². The minimum absolute atomic E-state index is 0.226. The lowest BCUT2D eigenvalue weighted by Gasteiger charge is -2.32. The van der Waals surface area contributed by atoms with Crippen LogP contribution in [0.25, 0.3) is 0 Å². The van der Waals surface area contributed by atoms with Gasteiger partial charge in [0.05, 0.1) is 5.56 Å². The minimum Gasteiger partial charge on any atom is -0.310 e. The molecule has 2 fully saturated rings. The number of hydrogen-bond donors (Lipinski definition) is 1. The normalized spacial score (nSPS) is 29.8. The molecule has 2 nitrogen and oxygen atoms in total. The number of rotatable bonds is 4. The molecule has 1 N–H and O–H groups in total. The Balaban J connectivity index is 1.95. The highest BCUT2D eigenvalue weighted by molar-refractivity contribution is 5.30. The van der Waals surface area contributed by atoms with E-state index in [0.717, 1.165) is 12.5 Å². The first kappa shape index (κ1) is 14.8. The second kappa shape index (κ2) is 5.59. The second-order valence-electron chi connectivity index (χ2n) is 6.33. The minimum atomic E-state index is -4.32. The van der Waals surface area contributed by atoms with Crippen LogP contribution in [0, 0.1) is 17.8 Å². The molecule has 116 valence electrons. The molecule has 4 atom stereocenters. The zero-order valence-electron chi connectivity index (χ0n) is 12.2. The lowest BCUT2D eigenvalue weighted by molar-refractivity contribution is -0.138. The SMILES string of the molecule is CCNC(c1cnccc1C(F)(F)F)C1CC2CCC1C2. The van der Waals surface area contributed by atoms with Crippen LogP contribution in [0.1, 0.15) is 49.8 Å². The summed E-state index contributed by atoms with van der Waals surface area (Å²) in [5.41, 5.74) is -0.212. The number of nitrogens with one attached hydrogen (secondary N) is 1. The van der Waals surface area contributed by atoms with Crippen molar-refractivity contribution in [1.29, 1.82) is 0 Å². The van der Waals surface area contributed by atoms with Crippen LogP contribution in [0.2, 0.25) is 0 Å². The standard InChI is InChI=1S/C16H21F3N2/c1-2-21-15(12-8-10-3-4-11(12)7-10)13-9-20-6-5-14(13)16(17,18)19/h5-6,9-12,15,21H,2-4,7-8H2,1H3. The lowest BCUT2D eigenvalue weighted by atomic mass is 9.79. The van der Waals surface area contributed by atoms with Gasteiger partial charge >= 0.3 is 6.18 Å². The van der Waals surface area contributed by atoms with Crippen molar-refractivity contribution in [2.75, 3.05) is 6.54 Å². The van der Waals surface area contributed by atoms with E-state index in [1.165, 1.54) is 31.7 Å². The molecule has 5 heteroatoms. The topological polar surface area (TPSA) is 24.9 Å². The summed E-state index contributed by atoms with van der Waals surface area (Å²) in [6.07, 6.45) is 2.97. The fourth-order valence-electron chi connectivity index (χ4n) is 4.33. The third-order valence-electron chi connectivity index (χ3n) is 5.14. The Hall–Kier alpha value is -1.10. The van der Waals surface area contributed by atoms with Gasteiger partial charge in [-0.05, 0) is 55.2 Å². The van der Waals surface area contributed by atoms with Gasteiger partial charge in [0, 0.05) is 18.4 Å². The van der Waals surface area contributed by atoms with Crippen LogP contribution < -0.4 is 5.32 Å². The van der Waals surface area contributed by atoms with Crippen molar-refractivity contribution in [3.05, 3.63) is 29.6 Å². The number of pyridine rings is 1. The van der Waals surface area contributed by atoms with Gasteiger partial charge in [-0.3, -0.25) is 4.98 Å². The van der Waals surface area contributed by atoms with Gasteiger partial charge in [-0.2, -0.15) is 13.2 Å². The second-order valence-corrected chi connectivity index (χ2v) is 6.33. The summed E-state index contributed by atoms with van der Waals surface area (Å²) in [6.45, 7) is 2.62. The summed E-state index contributed by atoms with van der Waals surface area (Å²) in [5, 5.41) is 3.30. The van der Waals surface area contributed by atoms with Crippen LogP contribution in [0.15, 0.2) is 18.5 Å². The maximum Gasteiger partial charge on any atom is 0.416 e. The van der Waals surface area contributed by atoms with Crippen LogP contribution in [0.4, 0.5) is 13.2 Å². The molecule has 0 aromatic carbocycles. The highest BCUT2D eigenvalue weighted by Gasteiger charge is 2.45. The van der Waals surface area contributed by atoms with Crippen molar-refractivity contribution in [3.63, 3.8) is 0 Å². The van der Waals surface area contributed by atoms with Crippen molar-refractivity contribution < 1.29 is 13.2 Å². The Morgan fingerprint density at radius 3 is 2.71 bits per heavy atom. The summed E-state index contributed by atoms with van der Waals surface area (Å²) in [5.74, 6) is 1.60. The maximum atomic E-state index is 13.3. The number of nitrogens with zero attached hydrogens (tertiary/aromatic N) is 1. The molecule has 1 heterocycles. The third kappa shape index (κ3) is 2.80. The number of aromatic nitrogens is 1. The molecule has 0 saturated heterocycles. The Bertz CT molecular complexity index is 501. The molecule has 21 heavy (non-hydrogen) atoms. The van der Waals surface area contributed by atoms with Gasteiger partial charge in [-0.15, -0.1) is 0 Å². The highest BCUT2D eigenvalue weighted by Crippen LogP contribution is 2.53. The van der Waals surface area contributed by atoms with E-state index in [2.05, 4.69) is 10.3 Å². The van der Waals surface area contributed by atoms with Gasteiger partial charge in [-0.25, -0.2) is 0 Å². The zero-order valence-corrected chi connectivity index (χ0v) is 12.2. The Morgan fingerprint density at radius 1 is 1.33 bits per heavy atom. The first-order chi connectivity index (χ1) is 10.0. The Labute approximate surface area is 123 Å². The van der Waals surface area contributed by atoms with Gasteiger partial charge < -0.3 is 5.32 Å². The van der Waals surface area contributed by atoms with E-state index in [-0.39, 0.29) is 6.04 Å². The predicted octanol–water partition coefficient (Wildman–Crippen LogP) is 4.19. The molecular weight excluding hydrogens is 277 g/mol. The van der Waals surface area contributed by atoms with E-state index in [9.17, 15) is 13.2 Å². The fraction of sp³-hybridized carbons (Fsp3) is 0.688. The van der Waals surface area contributed by atoms with E-state index in [0.29, 0.717) is 29.9 Å². The van der Waals surface area contributed by atoms with Crippen molar-refractivity contribution in [1.82, 2.24) is 10.3 Å². The van der Waals surface area contributed by atoms with Gasteiger partial charge in [0.15, 0.2) is 0 Å². The van der Waals surface area contributed by atoms with Crippen molar-refractivity contribution >= 4 is 0 Å². The monoisotopic (exact) mass is 298 g/mol. The Morgan fingerprint density at radius 2 is 2.14 bits per heavy atom. The van der Waals surface area contributed by atoms with Crippen molar-refractivity contribution in [2.45, 2.75) is 44.8 Å². The van der Waals surface area contributed by atoms with E-state index < -0.39 is 11.7 Å². The van der Waals surface area contributed by atoms with Crippen LogP contribution in [-0.2, 0) is 6.18 Å². The fourth-order valence-corrected chi connectivity index (χ4v) is 4.33. The summed E-state index contributed by atoms with van der Waals surface area (Å²) >= 11 is 0. The van der Waals surface area contributed by atoms with E-state index >= 15 is 0 Å². The molecule has 2 bridgehead atoms. The molecule has 0 radical (unpaired) electrons. The van der Waals surface area contributed by atoms with Gasteiger partial charge in [0.25, 0.3) is 0 Å². The van der Waals surface area contributed by atoms with Crippen molar-refractivity contribution in [3.8, 4) is 0 Å². The summed E-state index contributed by atoms with van der Waals surface area (Å²) in [6, 6.07) is 0.878. The molecule has 1 aromatic rings. The van der Waals surface area contributed by atoms with Crippen LogP contribution >= 0.6 is 0 Å². The molecule has 2 aliphatic rings. The quantitative estimate of drug-likeness (QED) is 0.901. The third-order valence-corrected chi connectivity index (χ3v) is 5.14. The van der Waals surface area contributed by atoms with Crippen LogP contribution in [0.5, 0.6) is 0 Å². The summed E-state index contributed by atoms with van der Waals surface area (Å²) in [4.78, 5) is 3.96. The molecule has 2 saturated carbocycles. The number of alkyl halides is 3. The molecule has 2 aliphatic carbocycles. The smallest absolute Gasteiger partial charge is 0.310 e. The zero-order chi connectivity index (χ0) is 15.0. The maximum absolute atomic E-state index is 13.3. The number of halogens is 3. The lowest BCUT2D eigenvalue weighted by Crippen LogP contribution is -2.33. The van der Waals surface area contributed by atoms with E-state index in [1.54, 1.807) is 0 Å². The first-order valence-electron chi connectivity index (χ1n) is 7.75. The Kier molecular flexibility index (Phi) is 3.95. The first-order valence-corrected chi connectivity index (χ1v) is 7.75. The molecule has 0 amide bonds. The average Bonchev–Trinajstić information content (AvgIpc) is 3.06. The van der Waals surface area contributed by atoms with Crippen LogP contribution in [0.3, 0.4) is 0 Å². The van der Waals surface area contributed by atoms with Crippen LogP contribution in [-0.4, -0.2) is 11.5 Å². The summed E-state index contributed by atoms with van der Waals surface area (Å²) < 4.78 is 39.8. The van der Waals surface area contributed by atoms with Gasteiger partial charge in [0.1, 0.15) is 0 Å². The average molecular weight is 298 g/mol. The number of fused-ring (bicyclic) bond motifs is 2. The molecule has 0 spiro atoms. The largest absolute Gasteiger partial charge is 0.416 e. The van der Waals surface area contributed by atoms with E-state index in [1.807, 2.05) is 6.92 Å². The van der Waals surface area contributed by atoms with Gasteiger partial charge in [-0.1, -0.05) is 13.3 Å². The molecule has 0 aliphatic heterocycles.